The fourth-order valence-electron chi connectivity index (χ4n) is 1.02. The fraction of sp³-hybridized carbons (Fsp3) is 0.273. The molecule has 1 rings (SSSR count). The lowest BCUT2D eigenvalue weighted by molar-refractivity contribution is 0.255. The summed E-state index contributed by atoms with van der Waals surface area (Å²) in [5, 5.41) is 5.21. The van der Waals surface area contributed by atoms with Gasteiger partial charge in [-0.15, -0.1) is 0 Å². The van der Waals surface area contributed by atoms with Crippen molar-refractivity contribution in [1.29, 1.82) is 0 Å². The van der Waals surface area contributed by atoms with Crippen LogP contribution in [0, 0.1) is 6.92 Å². The lowest BCUT2D eigenvalue weighted by Crippen LogP contribution is -2.24. The second kappa shape index (κ2) is 5.80. The van der Waals surface area contributed by atoms with Gasteiger partial charge < -0.3 is 5.32 Å². The molecule has 0 radical (unpaired) electrons. The van der Waals surface area contributed by atoms with Gasteiger partial charge in [-0.05, 0) is 25.5 Å². The summed E-state index contributed by atoms with van der Waals surface area (Å²) in [6.45, 7) is 3.87. The van der Waals surface area contributed by atoms with E-state index < -0.39 is 0 Å². The SMILES string of the molecule is CC/C=C/NC(=O)Nc1cccc(C)n1. The highest BCUT2D eigenvalue weighted by Gasteiger charge is 1.99. The molecule has 0 saturated heterocycles. The largest absolute Gasteiger partial charge is 0.324 e. The Balaban J connectivity index is 2.48. The molecule has 4 heteroatoms. The molecule has 0 aliphatic rings. The Morgan fingerprint density at radius 1 is 1.53 bits per heavy atom. The number of nitrogens with one attached hydrogen (secondary N) is 2. The number of amides is 2. The predicted octanol–water partition coefficient (Wildman–Crippen LogP) is 2.44. The Kier molecular flexibility index (Phi) is 4.34. The van der Waals surface area contributed by atoms with Crippen LogP contribution in [0.2, 0.25) is 0 Å². The molecule has 1 aromatic rings. The normalized spacial score (nSPS) is 10.3. The van der Waals surface area contributed by atoms with Crippen molar-refractivity contribution >= 4 is 11.8 Å². The fourth-order valence-corrected chi connectivity index (χ4v) is 1.02. The molecule has 4 nitrogen and oxygen atoms in total. The van der Waals surface area contributed by atoms with E-state index >= 15 is 0 Å². The monoisotopic (exact) mass is 205 g/mol. The van der Waals surface area contributed by atoms with E-state index in [2.05, 4.69) is 15.6 Å². The molecule has 0 aliphatic heterocycles. The number of hydrogen-bond acceptors (Lipinski definition) is 2. The maximum absolute atomic E-state index is 11.3. The van der Waals surface area contributed by atoms with Gasteiger partial charge in [0.1, 0.15) is 5.82 Å². The zero-order valence-corrected chi connectivity index (χ0v) is 8.95. The highest BCUT2D eigenvalue weighted by Crippen LogP contribution is 2.02. The van der Waals surface area contributed by atoms with Gasteiger partial charge in [0.2, 0.25) is 0 Å². The van der Waals surface area contributed by atoms with Crippen LogP contribution in [-0.4, -0.2) is 11.0 Å². The van der Waals surface area contributed by atoms with Gasteiger partial charge in [-0.2, -0.15) is 0 Å². The summed E-state index contributed by atoms with van der Waals surface area (Å²) in [6, 6.07) is 5.19. The summed E-state index contributed by atoms with van der Waals surface area (Å²) in [6.07, 6.45) is 4.37. The van der Waals surface area contributed by atoms with Crippen LogP contribution in [0.25, 0.3) is 0 Å². The number of aromatic nitrogens is 1. The summed E-state index contributed by atoms with van der Waals surface area (Å²) >= 11 is 0. The van der Waals surface area contributed by atoms with Gasteiger partial charge in [0, 0.05) is 11.9 Å². The number of allylic oxidation sites excluding steroid dienone is 1. The summed E-state index contributed by atoms with van der Waals surface area (Å²) in [4.78, 5) is 15.4. The Morgan fingerprint density at radius 2 is 2.33 bits per heavy atom. The first-order valence-corrected chi connectivity index (χ1v) is 4.88. The van der Waals surface area contributed by atoms with Gasteiger partial charge in [0.05, 0.1) is 0 Å². The van der Waals surface area contributed by atoms with Crippen molar-refractivity contribution in [2.45, 2.75) is 20.3 Å². The average molecular weight is 205 g/mol. The predicted molar refractivity (Wildman–Crippen MR) is 60.6 cm³/mol. The molecule has 2 N–H and O–H groups in total. The molecule has 1 aromatic heterocycles. The van der Waals surface area contributed by atoms with E-state index in [9.17, 15) is 4.79 Å². The molecule has 0 spiro atoms. The quantitative estimate of drug-likeness (QED) is 0.796. The molecule has 80 valence electrons. The Bertz CT molecular complexity index is 361. The van der Waals surface area contributed by atoms with Crippen LogP contribution < -0.4 is 10.6 Å². The maximum atomic E-state index is 11.3. The van der Waals surface area contributed by atoms with Gasteiger partial charge in [0.15, 0.2) is 0 Å². The second-order valence-electron chi connectivity index (χ2n) is 3.07. The smallest absolute Gasteiger partial charge is 0.315 e. The molecule has 1 heterocycles. The van der Waals surface area contributed by atoms with Crippen molar-refractivity contribution in [1.82, 2.24) is 10.3 Å². The molecule has 15 heavy (non-hydrogen) atoms. The highest BCUT2D eigenvalue weighted by molar-refractivity contribution is 5.88. The minimum Gasteiger partial charge on any atom is -0.315 e. The number of carbonyl (C=O) groups excluding carboxylic acids is 1. The van der Waals surface area contributed by atoms with Crippen molar-refractivity contribution < 1.29 is 4.79 Å². The summed E-state index contributed by atoms with van der Waals surface area (Å²) in [5.74, 6) is 0.553. The van der Waals surface area contributed by atoms with Crippen molar-refractivity contribution in [3.63, 3.8) is 0 Å². The summed E-state index contributed by atoms with van der Waals surface area (Å²) < 4.78 is 0. The topological polar surface area (TPSA) is 54.0 Å². The lowest BCUT2D eigenvalue weighted by atomic mass is 10.4. The van der Waals surface area contributed by atoms with Gasteiger partial charge in [0.25, 0.3) is 0 Å². The molecule has 0 saturated carbocycles. The minimum absolute atomic E-state index is 0.280. The molecule has 0 aliphatic carbocycles. The number of rotatable bonds is 3. The first-order valence-electron chi connectivity index (χ1n) is 4.88. The highest BCUT2D eigenvalue weighted by atomic mass is 16.2. The first-order chi connectivity index (χ1) is 7.22. The first kappa shape index (κ1) is 11.2. The van der Waals surface area contributed by atoms with E-state index in [1.54, 1.807) is 12.3 Å². The molecule has 0 fully saturated rings. The lowest BCUT2D eigenvalue weighted by Gasteiger charge is -2.03. The number of aryl methyl sites for hydroxylation is 1. The summed E-state index contributed by atoms with van der Waals surface area (Å²) in [5.41, 5.74) is 0.872. The third-order valence-corrected chi connectivity index (χ3v) is 1.70. The van der Waals surface area contributed by atoms with Crippen LogP contribution in [-0.2, 0) is 0 Å². The number of pyridine rings is 1. The standard InChI is InChI=1S/C11H15N3O/c1-3-4-8-12-11(15)14-10-7-5-6-9(2)13-10/h4-8H,3H2,1-2H3,(H2,12,13,14,15)/b8-4+. The van der Waals surface area contributed by atoms with Crippen LogP contribution in [0.1, 0.15) is 19.0 Å². The number of urea groups is 1. The molecule has 0 aromatic carbocycles. The third-order valence-electron chi connectivity index (χ3n) is 1.70. The van der Waals surface area contributed by atoms with E-state index in [0.717, 1.165) is 12.1 Å². The van der Waals surface area contributed by atoms with Crippen molar-refractivity contribution in [2.24, 2.45) is 0 Å². The average Bonchev–Trinajstić information content (AvgIpc) is 2.18. The van der Waals surface area contributed by atoms with Crippen molar-refractivity contribution in [3.05, 3.63) is 36.2 Å². The van der Waals surface area contributed by atoms with Crippen molar-refractivity contribution in [2.75, 3.05) is 5.32 Å². The molecular weight excluding hydrogens is 190 g/mol. The van der Waals surface area contributed by atoms with Crippen molar-refractivity contribution in [3.8, 4) is 0 Å². The van der Waals surface area contributed by atoms with Gasteiger partial charge in [-0.3, -0.25) is 5.32 Å². The molecular formula is C11H15N3O. The zero-order chi connectivity index (χ0) is 11.1. The molecule has 2 amide bonds. The Morgan fingerprint density at radius 3 is 3.00 bits per heavy atom. The number of nitrogens with zero attached hydrogens (tertiary/aromatic N) is 1. The molecule has 0 unspecified atom stereocenters. The van der Waals surface area contributed by atoms with Crippen LogP contribution in [0.4, 0.5) is 10.6 Å². The van der Waals surface area contributed by atoms with Crippen LogP contribution in [0.15, 0.2) is 30.5 Å². The molecule has 0 bridgehead atoms. The number of hydrogen-bond donors (Lipinski definition) is 2. The van der Waals surface area contributed by atoms with E-state index in [1.807, 2.05) is 32.1 Å². The van der Waals surface area contributed by atoms with Crippen LogP contribution in [0.5, 0.6) is 0 Å². The van der Waals surface area contributed by atoms with E-state index in [0.29, 0.717) is 5.82 Å². The van der Waals surface area contributed by atoms with Gasteiger partial charge in [-0.25, -0.2) is 9.78 Å². The minimum atomic E-state index is -0.280. The maximum Gasteiger partial charge on any atom is 0.324 e. The summed E-state index contributed by atoms with van der Waals surface area (Å²) in [7, 11) is 0. The Hall–Kier alpha value is -1.84. The van der Waals surface area contributed by atoms with E-state index in [-0.39, 0.29) is 6.03 Å². The van der Waals surface area contributed by atoms with E-state index in [1.165, 1.54) is 0 Å². The third kappa shape index (κ3) is 4.26. The molecule has 0 atom stereocenters. The van der Waals surface area contributed by atoms with E-state index in [4.69, 9.17) is 0 Å². The van der Waals surface area contributed by atoms with Crippen LogP contribution in [0.3, 0.4) is 0 Å². The second-order valence-corrected chi connectivity index (χ2v) is 3.07. The van der Waals surface area contributed by atoms with Gasteiger partial charge >= 0.3 is 6.03 Å². The Labute approximate surface area is 89.4 Å². The van der Waals surface area contributed by atoms with Gasteiger partial charge in [-0.1, -0.05) is 19.1 Å². The number of carbonyl (C=O) groups is 1. The zero-order valence-electron chi connectivity index (χ0n) is 8.95. The van der Waals surface area contributed by atoms with Crippen LogP contribution >= 0.6 is 0 Å². The number of anilines is 1.